The second-order valence-corrected chi connectivity index (χ2v) is 8.31. The summed E-state index contributed by atoms with van der Waals surface area (Å²) in [5, 5.41) is 5.47. The molecule has 0 radical (unpaired) electrons. The first-order valence-electron chi connectivity index (χ1n) is 11.6. The molecule has 0 aliphatic rings. The second kappa shape index (κ2) is 11.9. The number of aryl methyl sites for hydroxylation is 1. The molecule has 0 saturated heterocycles. The van der Waals surface area contributed by atoms with Crippen LogP contribution in [0.5, 0.6) is 5.75 Å². The summed E-state index contributed by atoms with van der Waals surface area (Å²) in [6.07, 6.45) is 3.34. The first kappa shape index (κ1) is 24.1. The molecule has 0 aliphatic heterocycles. The highest BCUT2D eigenvalue weighted by molar-refractivity contribution is 7.80. The van der Waals surface area contributed by atoms with Gasteiger partial charge in [0.05, 0.1) is 7.11 Å². The van der Waals surface area contributed by atoms with Crippen LogP contribution < -0.4 is 10.1 Å². The van der Waals surface area contributed by atoms with Gasteiger partial charge in [-0.15, -0.1) is 0 Å². The van der Waals surface area contributed by atoms with E-state index in [2.05, 4.69) is 70.9 Å². The molecule has 5 nitrogen and oxygen atoms in total. The largest absolute Gasteiger partial charge is 0.497 e. The highest BCUT2D eigenvalue weighted by atomic mass is 32.1. The van der Waals surface area contributed by atoms with E-state index in [4.69, 9.17) is 17.0 Å². The van der Waals surface area contributed by atoms with Crippen molar-refractivity contribution in [3.8, 4) is 5.75 Å². The molecule has 0 aliphatic carbocycles. The van der Waals surface area contributed by atoms with Crippen LogP contribution in [-0.4, -0.2) is 52.8 Å². The lowest BCUT2D eigenvalue weighted by molar-refractivity contribution is 0.281. The van der Waals surface area contributed by atoms with Crippen molar-refractivity contribution in [2.45, 2.75) is 40.3 Å². The SMILES string of the molecule is CCN(CC)CCCN(Cc1cn(CC)c2ccccc12)C(=S)Nc1cccc(OC)c1. The first-order chi connectivity index (χ1) is 15.6. The normalized spacial score (nSPS) is 11.2. The van der Waals surface area contributed by atoms with Crippen molar-refractivity contribution < 1.29 is 4.74 Å². The number of fused-ring (bicyclic) bond motifs is 1. The fourth-order valence-electron chi connectivity index (χ4n) is 4.10. The molecule has 3 rings (SSSR count). The number of methoxy groups -OCH3 is 1. The fraction of sp³-hybridized carbons (Fsp3) is 0.423. The number of benzene rings is 2. The van der Waals surface area contributed by atoms with E-state index in [0.29, 0.717) is 0 Å². The number of rotatable bonds is 11. The second-order valence-electron chi connectivity index (χ2n) is 7.92. The third-order valence-corrected chi connectivity index (χ3v) is 6.34. The van der Waals surface area contributed by atoms with Gasteiger partial charge in [-0.1, -0.05) is 38.1 Å². The highest BCUT2D eigenvalue weighted by Gasteiger charge is 2.15. The van der Waals surface area contributed by atoms with E-state index in [-0.39, 0.29) is 0 Å². The molecule has 32 heavy (non-hydrogen) atoms. The maximum Gasteiger partial charge on any atom is 0.173 e. The number of nitrogens with one attached hydrogen (secondary N) is 1. The van der Waals surface area contributed by atoms with Gasteiger partial charge in [-0.25, -0.2) is 0 Å². The molecule has 0 unspecified atom stereocenters. The maximum atomic E-state index is 5.88. The standard InChI is InChI=1S/C26H36N4OS/c1-5-28(6-2)16-11-17-30(26(32)27-22-12-10-13-23(18-22)31-4)20-21-19-29(7-3)25-15-9-8-14-24(21)25/h8-10,12-15,18-19H,5-7,11,16-17,20H2,1-4H3,(H,27,32). The summed E-state index contributed by atoms with van der Waals surface area (Å²) in [7, 11) is 1.68. The highest BCUT2D eigenvalue weighted by Crippen LogP contribution is 2.24. The smallest absolute Gasteiger partial charge is 0.173 e. The van der Waals surface area contributed by atoms with Crippen LogP contribution in [0.25, 0.3) is 10.9 Å². The van der Waals surface area contributed by atoms with Crippen LogP contribution in [0.2, 0.25) is 0 Å². The monoisotopic (exact) mass is 452 g/mol. The van der Waals surface area contributed by atoms with Crippen LogP contribution in [0.1, 0.15) is 32.8 Å². The predicted octanol–water partition coefficient (Wildman–Crippen LogP) is 5.60. The fourth-order valence-corrected chi connectivity index (χ4v) is 4.37. The lowest BCUT2D eigenvalue weighted by Gasteiger charge is -2.27. The summed E-state index contributed by atoms with van der Waals surface area (Å²) >= 11 is 5.88. The molecule has 0 fully saturated rings. The number of hydrogen-bond acceptors (Lipinski definition) is 3. The number of nitrogens with zero attached hydrogens (tertiary/aromatic N) is 3. The number of hydrogen-bond donors (Lipinski definition) is 1. The Morgan fingerprint density at radius 2 is 1.81 bits per heavy atom. The summed E-state index contributed by atoms with van der Waals surface area (Å²) < 4.78 is 7.68. The molecular weight excluding hydrogens is 416 g/mol. The van der Waals surface area contributed by atoms with E-state index in [0.717, 1.165) is 62.2 Å². The van der Waals surface area contributed by atoms with Crippen molar-refractivity contribution in [3.63, 3.8) is 0 Å². The molecule has 1 heterocycles. The van der Waals surface area contributed by atoms with E-state index < -0.39 is 0 Å². The molecular formula is C26H36N4OS. The molecule has 1 N–H and O–H groups in total. The Labute approximate surface area is 198 Å². The predicted molar refractivity (Wildman–Crippen MR) is 140 cm³/mol. The molecule has 172 valence electrons. The van der Waals surface area contributed by atoms with E-state index >= 15 is 0 Å². The molecule has 0 amide bonds. The third-order valence-electron chi connectivity index (χ3n) is 5.98. The van der Waals surface area contributed by atoms with E-state index in [1.807, 2.05) is 24.3 Å². The number of ether oxygens (including phenoxy) is 1. The van der Waals surface area contributed by atoms with Crippen molar-refractivity contribution in [2.75, 3.05) is 38.6 Å². The molecule has 6 heteroatoms. The average Bonchev–Trinajstić information content (AvgIpc) is 3.18. The first-order valence-corrected chi connectivity index (χ1v) is 12.0. The average molecular weight is 453 g/mol. The minimum atomic E-state index is 0.742. The van der Waals surface area contributed by atoms with Crippen LogP contribution in [0.4, 0.5) is 5.69 Å². The van der Waals surface area contributed by atoms with Gasteiger partial charge in [0.2, 0.25) is 0 Å². The maximum absolute atomic E-state index is 5.88. The number of anilines is 1. The Hall–Kier alpha value is -2.57. The van der Waals surface area contributed by atoms with Gasteiger partial charge in [0.15, 0.2) is 5.11 Å². The van der Waals surface area contributed by atoms with E-state index in [1.165, 1.54) is 16.5 Å². The molecule has 0 atom stereocenters. The summed E-state index contributed by atoms with van der Waals surface area (Å²) in [4.78, 5) is 4.75. The van der Waals surface area contributed by atoms with Crippen LogP contribution in [0, 0.1) is 0 Å². The molecule has 1 aromatic heterocycles. The van der Waals surface area contributed by atoms with Gasteiger partial charge < -0.3 is 24.4 Å². The Morgan fingerprint density at radius 3 is 2.53 bits per heavy atom. The van der Waals surface area contributed by atoms with Gasteiger partial charge in [-0.2, -0.15) is 0 Å². The minimum Gasteiger partial charge on any atom is -0.497 e. The van der Waals surface area contributed by atoms with E-state index in [1.54, 1.807) is 7.11 Å². The van der Waals surface area contributed by atoms with Gasteiger partial charge in [0, 0.05) is 48.5 Å². The van der Waals surface area contributed by atoms with Crippen LogP contribution in [0.3, 0.4) is 0 Å². The zero-order valence-corrected chi connectivity index (χ0v) is 20.6. The van der Waals surface area contributed by atoms with Gasteiger partial charge in [0.25, 0.3) is 0 Å². The van der Waals surface area contributed by atoms with Gasteiger partial charge in [-0.3, -0.25) is 0 Å². The Kier molecular flexibility index (Phi) is 8.94. The summed E-state index contributed by atoms with van der Waals surface area (Å²) in [5.74, 6) is 0.817. The van der Waals surface area contributed by atoms with Crippen molar-refractivity contribution >= 4 is 33.9 Å². The number of aromatic nitrogens is 1. The lowest BCUT2D eigenvalue weighted by Crippen LogP contribution is -2.36. The van der Waals surface area contributed by atoms with Gasteiger partial charge in [0.1, 0.15) is 5.75 Å². The summed E-state index contributed by atoms with van der Waals surface area (Å²) in [6, 6.07) is 16.5. The molecule has 0 bridgehead atoms. The van der Waals surface area contributed by atoms with Crippen molar-refractivity contribution in [1.29, 1.82) is 0 Å². The van der Waals surface area contributed by atoms with Crippen molar-refractivity contribution in [3.05, 3.63) is 60.3 Å². The quantitative estimate of drug-likeness (QED) is 0.383. The molecule has 0 saturated carbocycles. The van der Waals surface area contributed by atoms with Crippen LogP contribution >= 0.6 is 12.2 Å². The molecule has 2 aromatic carbocycles. The third kappa shape index (κ3) is 6.02. The molecule has 3 aromatic rings. The Bertz CT molecular complexity index is 1010. The van der Waals surface area contributed by atoms with Crippen molar-refractivity contribution in [1.82, 2.24) is 14.4 Å². The van der Waals surface area contributed by atoms with Crippen LogP contribution in [-0.2, 0) is 13.1 Å². The van der Waals surface area contributed by atoms with E-state index in [9.17, 15) is 0 Å². The number of para-hydroxylation sites is 1. The van der Waals surface area contributed by atoms with Crippen LogP contribution in [0.15, 0.2) is 54.7 Å². The van der Waals surface area contributed by atoms with Crippen molar-refractivity contribution in [2.24, 2.45) is 0 Å². The topological polar surface area (TPSA) is 32.7 Å². The van der Waals surface area contributed by atoms with Gasteiger partial charge >= 0.3 is 0 Å². The zero-order valence-electron chi connectivity index (χ0n) is 19.8. The molecule has 0 spiro atoms. The lowest BCUT2D eigenvalue weighted by atomic mass is 10.1. The Balaban J connectivity index is 1.80. The summed E-state index contributed by atoms with van der Waals surface area (Å²) in [5.41, 5.74) is 3.53. The number of thiocarbonyl (C=S) groups is 1. The minimum absolute atomic E-state index is 0.742. The van der Waals surface area contributed by atoms with Gasteiger partial charge in [-0.05, 0) is 69.0 Å². The zero-order chi connectivity index (χ0) is 22.9. The summed E-state index contributed by atoms with van der Waals surface area (Å²) in [6.45, 7) is 12.5. The Morgan fingerprint density at radius 1 is 1.03 bits per heavy atom.